The fraction of sp³-hybridized carbons (Fsp3) is 0.667. The number of ether oxygens (including phenoxy) is 1. The third-order valence-corrected chi connectivity index (χ3v) is 5.34. The first-order chi connectivity index (χ1) is 10.0. The number of hydrogen-bond donors (Lipinski definition) is 1. The van der Waals surface area contributed by atoms with Crippen LogP contribution in [0.1, 0.15) is 58.1 Å². The number of fused-ring (bicyclic) bond motifs is 1. The zero-order chi connectivity index (χ0) is 15.0. The van der Waals surface area contributed by atoms with Gasteiger partial charge in [-0.25, -0.2) is 0 Å². The zero-order valence-electron chi connectivity index (χ0n) is 13.3. The summed E-state index contributed by atoms with van der Waals surface area (Å²) in [6.07, 6.45) is 4.60. The molecule has 2 aliphatic rings. The highest BCUT2D eigenvalue weighted by Crippen LogP contribution is 2.53. The van der Waals surface area contributed by atoms with E-state index in [0.717, 1.165) is 42.0 Å². The molecule has 0 saturated heterocycles. The van der Waals surface area contributed by atoms with Gasteiger partial charge in [0.1, 0.15) is 11.4 Å². The average molecular weight is 308 g/mol. The number of rotatable bonds is 4. The van der Waals surface area contributed by atoms with Crippen LogP contribution in [0.15, 0.2) is 18.2 Å². The van der Waals surface area contributed by atoms with Crippen molar-refractivity contribution in [3.63, 3.8) is 0 Å². The number of hydrogen-bond acceptors (Lipinski definition) is 2. The highest BCUT2D eigenvalue weighted by Gasteiger charge is 2.51. The van der Waals surface area contributed by atoms with E-state index in [-0.39, 0.29) is 5.60 Å². The van der Waals surface area contributed by atoms with E-state index in [1.807, 2.05) is 12.1 Å². The molecular formula is C18H26ClNO. The van der Waals surface area contributed by atoms with Crippen LogP contribution in [0.3, 0.4) is 0 Å². The predicted molar refractivity (Wildman–Crippen MR) is 88.0 cm³/mol. The summed E-state index contributed by atoms with van der Waals surface area (Å²) in [5.74, 6) is 2.60. The Bertz CT molecular complexity index is 508. The lowest BCUT2D eigenvalue weighted by Crippen LogP contribution is -2.54. The van der Waals surface area contributed by atoms with Gasteiger partial charge in [0.25, 0.3) is 0 Å². The molecule has 1 aliphatic heterocycles. The van der Waals surface area contributed by atoms with Crippen LogP contribution in [0.25, 0.3) is 0 Å². The third kappa shape index (κ3) is 2.93. The Labute approximate surface area is 133 Å². The largest absolute Gasteiger partial charge is 0.487 e. The maximum Gasteiger partial charge on any atom is 0.125 e. The average Bonchev–Trinajstić information content (AvgIpc) is 2.42. The van der Waals surface area contributed by atoms with Gasteiger partial charge in [0.05, 0.1) is 0 Å². The molecule has 0 amide bonds. The van der Waals surface area contributed by atoms with Gasteiger partial charge >= 0.3 is 0 Å². The van der Waals surface area contributed by atoms with Crippen LogP contribution in [0.4, 0.5) is 0 Å². The van der Waals surface area contributed by atoms with Gasteiger partial charge in [-0.05, 0) is 55.8 Å². The summed E-state index contributed by atoms with van der Waals surface area (Å²) in [5.41, 5.74) is 1.29. The molecule has 1 atom stereocenters. The van der Waals surface area contributed by atoms with Crippen LogP contribution in [-0.2, 0) is 0 Å². The topological polar surface area (TPSA) is 21.3 Å². The quantitative estimate of drug-likeness (QED) is 0.848. The lowest BCUT2D eigenvalue weighted by molar-refractivity contribution is -0.0872. The van der Waals surface area contributed by atoms with Gasteiger partial charge in [-0.1, -0.05) is 32.4 Å². The molecule has 1 heterocycles. The Hall–Kier alpha value is -0.730. The zero-order valence-corrected chi connectivity index (χ0v) is 14.0. The fourth-order valence-corrected chi connectivity index (χ4v) is 3.94. The monoisotopic (exact) mass is 307 g/mol. The minimum absolute atomic E-state index is 0.0567. The van der Waals surface area contributed by atoms with Crippen LogP contribution >= 0.6 is 11.6 Å². The molecule has 0 aromatic heterocycles. The second-order valence-electron chi connectivity index (χ2n) is 7.09. The summed E-state index contributed by atoms with van der Waals surface area (Å²) in [6.45, 7) is 7.89. The van der Waals surface area contributed by atoms with Crippen molar-refractivity contribution in [3.8, 4) is 5.75 Å². The Balaban J connectivity index is 1.82. The fourth-order valence-electron chi connectivity index (χ4n) is 3.76. The van der Waals surface area contributed by atoms with Crippen molar-refractivity contribution in [1.82, 2.24) is 5.32 Å². The summed E-state index contributed by atoms with van der Waals surface area (Å²) in [5, 5.41) is 4.48. The van der Waals surface area contributed by atoms with Gasteiger partial charge in [-0.15, -0.1) is 0 Å². The Kier molecular flexibility index (Phi) is 4.20. The van der Waals surface area contributed by atoms with E-state index in [4.69, 9.17) is 16.3 Å². The van der Waals surface area contributed by atoms with E-state index in [0.29, 0.717) is 6.04 Å². The van der Waals surface area contributed by atoms with Crippen molar-refractivity contribution < 1.29 is 4.74 Å². The van der Waals surface area contributed by atoms with Crippen molar-refractivity contribution in [2.75, 3.05) is 6.54 Å². The smallest absolute Gasteiger partial charge is 0.125 e. The molecule has 1 N–H and O–H groups in total. The maximum absolute atomic E-state index is 6.40. The maximum atomic E-state index is 6.40. The molecule has 0 bridgehead atoms. The molecule has 21 heavy (non-hydrogen) atoms. The molecule has 0 radical (unpaired) electrons. The van der Waals surface area contributed by atoms with Crippen LogP contribution < -0.4 is 10.1 Å². The molecule has 3 heteroatoms. The summed E-state index contributed by atoms with van der Waals surface area (Å²) in [7, 11) is 0. The Morgan fingerprint density at radius 2 is 2.10 bits per heavy atom. The second kappa shape index (κ2) is 5.81. The first kappa shape index (κ1) is 15.2. The summed E-state index contributed by atoms with van der Waals surface area (Å²) < 4.78 is 6.40. The highest BCUT2D eigenvalue weighted by atomic mass is 35.5. The van der Waals surface area contributed by atoms with E-state index in [2.05, 4.69) is 32.2 Å². The van der Waals surface area contributed by atoms with Crippen molar-refractivity contribution >= 4 is 11.6 Å². The summed E-state index contributed by atoms with van der Waals surface area (Å²) >= 11 is 6.18. The molecule has 2 nitrogen and oxygen atoms in total. The lowest BCUT2D eigenvalue weighted by Gasteiger charge is -2.53. The van der Waals surface area contributed by atoms with E-state index < -0.39 is 0 Å². The lowest BCUT2D eigenvalue weighted by atomic mass is 9.62. The van der Waals surface area contributed by atoms with Gasteiger partial charge < -0.3 is 10.1 Å². The molecule has 1 aromatic carbocycles. The molecule has 1 fully saturated rings. The number of benzene rings is 1. The number of halogens is 1. The molecule has 1 saturated carbocycles. The second-order valence-corrected chi connectivity index (χ2v) is 7.53. The van der Waals surface area contributed by atoms with Crippen LogP contribution in [0, 0.1) is 11.8 Å². The minimum Gasteiger partial charge on any atom is -0.487 e. The van der Waals surface area contributed by atoms with Crippen molar-refractivity contribution in [3.05, 3.63) is 28.8 Å². The van der Waals surface area contributed by atoms with Gasteiger partial charge in [0.2, 0.25) is 0 Å². The van der Waals surface area contributed by atoms with Gasteiger partial charge in [-0.3, -0.25) is 0 Å². The van der Waals surface area contributed by atoms with Crippen LogP contribution in [0.5, 0.6) is 5.75 Å². The third-order valence-electron chi connectivity index (χ3n) is 5.10. The molecule has 3 rings (SSSR count). The van der Waals surface area contributed by atoms with E-state index in [9.17, 15) is 0 Å². The van der Waals surface area contributed by atoms with Gasteiger partial charge in [0.15, 0.2) is 0 Å². The van der Waals surface area contributed by atoms with Gasteiger partial charge in [-0.2, -0.15) is 0 Å². The predicted octanol–water partition coefficient (Wildman–Crippen LogP) is 4.97. The first-order valence-corrected chi connectivity index (χ1v) is 8.62. The molecule has 1 unspecified atom stereocenters. The first-order valence-electron chi connectivity index (χ1n) is 8.25. The summed E-state index contributed by atoms with van der Waals surface area (Å²) in [6, 6.07) is 6.42. The Morgan fingerprint density at radius 1 is 1.33 bits per heavy atom. The molecular weight excluding hydrogens is 282 g/mol. The van der Waals surface area contributed by atoms with Crippen LogP contribution in [-0.4, -0.2) is 12.1 Å². The molecule has 1 spiro atoms. The normalized spacial score (nSPS) is 30.9. The van der Waals surface area contributed by atoms with E-state index in [1.165, 1.54) is 18.4 Å². The molecule has 116 valence electrons. The standard InChI is InChI=1S/C18H26ClNO/c1-4-7-20-16-11-18(9-13(10-18)12(2)3)21-17-6-5-14(19)8-15(16)17/h5-6,8,12-13,16,20H,4,7,9-11H2,1-3H3. The van der Waals surface area contributed by atoms with Crippen molar-refractivity contribution in [1.29, 1.82) is 0 Å². The molecule has 1 aromatic rings. The van der Waals surface area contributed by atoms with E-state index in [1.54, 1.807) is 0 Å². The summed E-state index contributed by atoms with van der Waals surface area (Å²) in [4.78, 5) is 0. The van der Waals surface area contributed by atoms with Crippen LogP contribution in [0.2, 0.25) is 5.02 Å². The highest BCUT2D eigenvalue weighted by molar-refractivity contribution is 6.30. The van der Waals surface area contributed by atoms with Gasteiger partial charge in [0, 0.05) is 23.0 Å². The molecule has 1 aliphatic carbocycles. The van der Waals surface area contributed by atoms with Crippen molar-refractivity contribution in [2.24, 2.45) is 11.8 Å². The van der Waals surface area contributed by atoms with E-state index >= 15 is 0 Å². The minimum atomic E-state index is 0.0567. The Morgan fingerprint density at radius 3 is 2.76 bits per heavy atom. The van der Waals surface area contributed by atoms with Crippen molar-refractivity contribution in [2.45, 2.75) is 58.1 Å². The SMILES string of the molecule is CCCNC1CC2(CC(C(C)C)C2)Oc2ccc(Cl)cc21. The number of nitrogens with one attached hydrogen (secondary N) is 1.